The lowest BCUT2D eigenvalue weighted by Gasteiger charge is -2.11. The van der Waals surface area contributed by atoms with E-state index in [1.807, 2.05) is 6.07 Å². The van der Waals surface area contributed by atoms with Crippen LogP contribution in [0.1, 0.15) is 0 Å². The van der Waals surface area contributed by atoms with E-state index in [1.54, 1.807) is 0 Å². The Hall–Kier alpha value is -7.62. The molecule has 0 spiro atoms. The monoisotopic (exact) mass is 726 g/mol. The number of hydrogen-bond donors (Lipinski definition) is 0. The third-order valence-electron chi connectivity index (χ3n) is 11.7. The third-order valence-corrected chi connectivity index (χ3v) is 11.7. The summed E-state index contributed by atoms with van der Waals surface area (Å²) >= 11 is 0. The van der Waals surface area contributed by atoms with Crippen LogP contribution < -0.4 is 0 Å². The van der Waals surface area contributed by atoms with Gasteiger partial charge in [-0.2, -0.15) is 0 Å². The number of hydrogen-bond acceptors (Lipinski definition) is 1. The standard InChI is InChI=1S/C54H34N2O/c1-3-12-35(13-4-1)37-22-26-41(27-23-37)55-48-20-9-7-18-43(48)46-33-39(24-29-49(46)55)40-25-30-50-47(34-40)44-28-31-52-53(45-19-8-10-21-51(45)57-52)54(44)56(50)42-17-11-16-38(32-42)36-14-5-2-6-15-36/h1-34H. The minimum Gasteiger partial charge on any atom is -0.456 e. The van der Waals surface area contributed by atoms with Gasteiger partial charge < -0.3 is 13.6 Å². The average Bonchev–Trinajstić information content (AvgIpc) is 3.94. The number of aromatic nitrogens is 2. The number of fused-ring (bicyclic) bond motifs is 10. The van der Waals surface area contributed by atoms with Gasteiger partial charge >= 0.3 is 0 Å². The molecule has 3 heterocycles. The minimum absolute atomic E-state index is 0.892. The highest BCUT2D eigenvalue weighted by molar-refractivity contribution is 6.25. The maximum atomic E-state index is 6.45. The van der Waals surface area contributed by atoms with Crippen molar-refractivity contribution in [1.29, 1.82) is 0 Å². The van der Waals surface area contributed by atoms with E-state index in [9.17, 15) is 0 Å². The minimum atomic E-state index is 0.892. The fraction of sp³-hybridized carbons (Fsp3) is 0. The van der Waals surface area contributed by atoms with Crippen molar-refractivity contribution in [2.75, 3.05) is 0 Å². The summed E-state index contributed by atoms with van der Waals surface area (Å²) in [6, 6.07) is 74.4. The Labute approximate surface area is 328 Å². The van der Waals surface area contributed by atoms with E-state index < -0.39 is 0 Å². The van der Waals surface area contributed by atoms with Crippen molar-refractivity contribution < 1.29 is 4.42 Å². The molecule has 0 N–H and O–H groups in total. The van der Waals surface area contributed by atoms with Crippen molar-refractivity contribution in [3.05, 3.63) is 206 Å². The van der Waals surface area contributed by atoms with Crippen LogP contribution in [0.15, 0.2) is 211 Å². The van der Waals surface area contributed by atoms with Crippen molar-refractivity contribution in [2.45, 2.75) is 0 Å². The van der Waals surface area contributed by atoms with Gasteiger partial charge in [-0.1, -0.05) is 133 Å². The first-order valence-electron chi connectivity index (χ1n) is 19.5. The molecule has 0 atom stereocenters. The maximum absolute atomic E-state index is 6.45. The van der Waals surface area contributed by atoms with Gasteiger partial charge in [-0.25, -0.2) is 0 Å². The van der Waals surface area contributed by atoms with Crippen LogP contribution in [-0.4, -0.2) is 9.13 Å². The van der Waals surface area contributed by atoms with Crippen LogP contribution in [-0.2, 0) is 0 Å². The van der Waals surface area contributed by atoms with Gasteiger partial charge in [0, 0.05) is 38.3 Å². The molecule has 0 aliphatic carbocycles. The SMILES string of the molecule is c1ccc(-c2ccc(-n3c4ccccc4c4cc(-c5ccc6c(c5)c5ccc7oc8ccccc8c7c5n6-c5cccc(-c6ccccc6)c5)ccc43)cc2)cc1. The average molecular weight is 727 g/mol. The Morgan fingerprint density at radius 3 is 1.58 bits per heavy atom. The van der Waals surface area contributed by atoms with E-state index in [2.05, 4.69) is 209 Å². The van der Waals surface area contributed by atoms with E-state index in [4.69, 9.17) is 4.42 Å². The summed E-state index contributed by atoms with van der Waals surface area (Å²) in [6.45, 7) is 0. The Bertz CT molecular complexity index is 3490. The van der Waals surface area contributed by atoms with Gasteiger partial charge in [0.15, 0.2) is 0 Å². The van der Waals surface area contributed by atoms with Crippen LogP contribution in [0.2, 0.25) is 0 Å². The molecule has 266 valence electrons. The van der Waals surface area contributed by atoms with Crippen LogP contribution in [0.25, 0.3) is 110 Å². The van der Waals surface area contributed by atoms with Gasteiger partial charge in [0.25, 0.3) is 0 Å². The Balaban J connectivity index is 1.05. The molecule has 3 heteroatoms. The van der Waals surface area contributed by atoms with E-state index in [0.717, 1.165) is 44.3 Å². The van der Waals surface area contributed by atoms with Crippen molar-refractivity contribution in [2.24, 2.45) is 0 Å². The quantitative estimate of drug-likeness (QED) is 0.173. The van der Waals surface area contributed by atoms with Gasteiger partial charge in [0.2, 0.25) is 0 Å². The number of furan rings is 1. The molecule has 0 bridgehead atoms. The summed E-state index contributed by atoms with van der Waals surface area (Å²) in [5, 5.41) is 7.15. The van der Waals surface area contributed by atoms with Crippen molar-refractivity contribution >= 4 is 65.6 Å². The molecule has 12 rings (SSSR count). The first-order chi connectivity index (χ1) is 28.3. The molecule has 0 unspecified atom stereocenters. The zero-order valence-electron chi connectivity index (χ0n) is 30.9. The zero-order valence-corrected chi connectivity index (χ0v) is 30.9. The number of nitrogens with zero attached hydrogens (tertiary/aromatic N) is 2. The summed E-state index contributed by atoms with van der Waals surface area (Å²) in [5.41, 5.74) is 16.0. The van der Waals surface area contributed by atoms with E-state index in [1.165, 1.54) is 66.0 Å². The highest BCUT2D eigenvalue weighted by Gasteiger charge is 2.21. The van der Waals surface area contributed by atoms with E-state index in [0.29, 0.717) is 0 Å². The first kappa shape index (κ1) is 31.7. The molecule has 0 radical (unpaired) electrons. The largest absolute Gasteiger partial charge is 0.456 e. The molecular formula is C54H34N2O. The Kier molecular flexibility index (Phi) is 6.93. The third kappa shape index (κ3) is 4.92. The molecule has 12 aromatic rings. The lowest BCUT2D eigenvalue weighted by molar-refractivity contribution is 0.669. The molecule has 3 nitrogen and oxygen atoms in total. The maximum Gasteiger partial charge on any atom is 0.137 e. The second-order valence-corrected chi connectivity index (χ2v) is 14.9. The summed E-state index contributed by atoms with van der Waals surface area (Å²) in [5.74, 6) is 0. The van der Waals surface area contributed by atoms with Gasteiger partial charge in [-0.15, -0.1) is 0 Å². The lowest BCUT2D eigenvalue weighted by Crippen LogP contribution is -1.95. The predicted molar refractivity (Wildman–Crippen MR) is 239 cm³/mol. The first-order valence-corrected chi connectivity index (χ1v) is 19.5. The zero-order chi connectivity index (χ0) is 37.5. The van der Waals surface area contributed by atoms with Crippen LogP contribution in [0.5, 0.6) is 0 Å². The summed E-state index contributed by atoms with van der Waals surface area (Å²) in [7, 11) is 0. The van der Waals surface area contributed by atoms with Crippen molar-refractivity contribution in [1.82, 2.24) is 9.13 Å². The second kappa shape index (κ2) is 12.5. The summed E-state index contributed by atoms with van der Waals surface area (Å²) in [4.78, 5) is 0. The molecule has 9 aromatic carbocycles. The second-order valence-electron chi connectivity index (χ2n) is 14.9. The highest BCUT2D eigenvalue weighted by atomic mass is 16.3. The molecule has 57 heavy (non-hydrogen) atoms. The number of benzene rings is 9. The summed E-state index contributed by atoms with van der Waals surface area (Å²) < 4.78 is 11.3. The van der Waals surface area contributed by atoms with Crippen molar-refractivity contribution in [3.8, 4) is 44.8 Å². The fourth-order valence-corrected chi connectivity index (χ4v) is 9.08. The fourth-order valence-electron chi connectivity index (χ4n) is 9.08. The van der Waals surface area contributed by atoms with Crippen LogP contribution >= 0.6 is 0 Å². The molecular weight excluding hydrogens is 693 g/mol. The molecule has 3 aromatic heterocycles. The Morgan fingerprint density at radius 2 is 0.825 bits per heavy atom. The molecule has 0 aliphatic rings. The molecule has 0 aliphatic heterocycles. The van der Waals surface area contributed by atoms with Gasteiger partial charge in [0.1, 0.15) is 11.2 Å². The topological polar surface area (TPSA) is 23.0 Å². The van der Waals surface area contributed by atoms with Gasteiger partial charge in [-0.3, -0.25) is 0 Å². The predicted octanol–water partition coefficient (Wildman–Crippen LogP) is 14.8. The lowest BCUT2D eigenvalue weighted by atomic mass is 10.00. The number of para-hydroxylation sites is 2. The van der Waals surface area contributed by atoms with Gasteiger partial charge in [-0.05, 0) is 106 Å². The van der Waals surface area contributed by atoms with Gasteiger partial charge in [0.05, 0.1) is 27.5 Å². The Morgan fingerprint density at radius 1 is 0.281 bits per heavy atom. The summed E-state index contributed by atoms with van der Waals surface area (Å²) in [6.07, 6.45) is 0. The molecule has 0 amide bonds. The molecule has 0 saturated carbocycles. The van der Waals surface area contributed by atoms with Crippen molar-refractivity contribution in [3.63, 3.8) is 0 Å². The smallest absolute Gasteiger partial charge is 0.137 e. The van der Waals surface area contributed by atoms with E-state index >= 15 is 0 Å². The van der Waals surface area contributed by atoms with Crippen LogP contribution in [0.3, 0.4) is 0 Å². The normalized spacial score (nSPS) is 11.9. The van der Waals surface area contributed by atoms with Crippen LogP contribution in [0, 0.1) is 0 Å². The van der Waals surface area contributed by atoms with Crippen LogP contribution in [0.4, 0.5) is 0 Å². The molecule has 0 saturated heterocycles. The number of rotatable bonds is 5. The molecule has 0 fully saturated rings. The highest BCUT2D eigenvalue weighted by Crippen LogP contribution is 2.43. The van der Waals surface area contributed by atoms with E-state index in [-0.39, 0.29) is 0 Å².